The van der Waals surface area contributed by atoms with Crippen molar-refractivity contribution in [2.45, 2.75) is 24.9 Å². The van der Waals surface area contributed by atoms with Gasteiger partial charge in [-0.15, -0.1) is 0 Å². The molecular formula is C9H18N2O2. The summed E-state index contributed by atoms with van der Waals surface area (Å²) in [4.78, 5) is 13.3. The van der Waals surface area contributed by atoms with Crippen LogP contribution in [0.4, 0.5) is 0 Å². The maximum absolute atomic E-state index is 11.1. The summed E-state index contributed by atoms with van der Waals surface area (Å²) in [5, 5.41) is 3.18. The smallest absolute Gasteiger partial charge is 0.322 e. The number of carbonyl (C=O) groups is 1. The number of carbonyl (C=O) groups excluding carboxylic acids is 1. The van der Waals surface area contributed by atoms with Gasteiger partial charge >= 0.3 is 5.97 Å². The average Bonchev–Trinajstić information content (AvgIpc) is 2.17. The molecule has 13 heavy (non-hydrogen) atoms. The average molecular weight is 186 g/mol. The Morgan fingerprint density at radius 1 is 1.46 bits per heavy atom. The van der Waals surface area contributed by atoms with Crippen molar-refractivity contribution in [3.8, 4) is 0 Å². The lowest BCUT2D eigenvalue weighted by Crippen LogP contribution is -2.50. The Morgan fingerprint density at radius 2 is 2.15 bits per heavy atom. The first-order valence-corrected chi connectivity index (χ1v) is 4.62. The monoisotopic (exact) mass is 186 g/mol. The molecule has 1 aliphatic rings. The molecule has 1 rings (SSSR count). The zero-order chi connectivity index (χ0) is 9.84. The van der Waals surface area contributed by atoms with Crippen LogP contribution >= 0.6 is 0 Å². The normalized spacial score (nSPS) is 28.9. The molecule has 76 valence electrons. The second-order valence-electron chi connectivity index (χ2n) is 3.68. The molecule has 1 N–H and O–H groups in total. The Balaban J connectivity index is 2.34. The van der Waals surface area contributed by atoms with Gasteiger partial charge in [0.1, 0.15) is 6.04 Å². The molecule has 0 aromatic rings. The van der Waals surface area contributed by atoms with Gasteiger partial charge in [-0.25, -0.2) is 0 Å². The first-order chi connectivity index (χ1) is 6.15. The fourth-order valence-electron chi connectivity index (χ4n) is 1.63. The molecule has 1 fully saturated rings. The van der Waals surface area contributed by atoms with Gasteiger partial charge in [-0.2, -0.15) is 0 Å². The Labute approximate surface area is 79.2 Å². The van der Waals surface area contributed by atoms with Gasteiger partial charge in [0.2, 0.25) is 0 Å². The van der Waals surface area contributed by atoms with Gasteiger partial charge in [0, 0.05) is 12.6 Å². The lowest BCUT2D eigenvalue weighted by molar-refractivity contribution is -0.144. The number of nitrogens with zero attached hydrogens (tertiary/aromatic N) is 1. The standard InChI is InChI=1S/C9H18N2O2/c1-11(2)7-4-5-8(10-6-7)9(12)13-3/h7-8,10H,4-6H2,1-3H3/t7-,8+/m1/s1. The van der Waals surface area contributed by atoms with E-state index in [1.54, 1.807) is 0 Å². The van der Waals surface area contributed by atoms with Crippen LogP contribution < -0.4 is 5.32 Å². The first kappa shape index (κ1) is 10.5. The van der Waals surface area contributed by atoms with Gasteiger partial charge in [-0.1, -0.05) is 0 Å². The second kappa shape index (κ2) is 4.58. The number of ether oxygens (including phenoxy) is 1. The topological polar surface area (TPSA) is 41.6 Å². The van der Waals surface area contributed by atoms with Crippen molar-refractivity contribution in [3.05, 3.63) is 0 Å². The highest BCUT2D eigenvalue weighted by Crippen LogP contribution is 2.12. The fraction of sp³-hybridized carbons (Fsp3) is 0.889. The Kier molecular flexibility index (Phi) is 3.69. The third-order valence-corrected chi connectivity index (χ3v) is 2.60. The quantitative estimate of drug-likeness (QED) is 0.609. The maximum Gasteiger partial charge on any atom is 0.322 e. The Hall–Kier alpha value is -0.610. The number of methoxy groups -OCH3 is 1. The summed E-state index contributed by atoms with van der Waals surface area (Å²) in [6.07, 6.45) is 1.93. The van der Waals surface area contributed by atoms with Crippen LogP contribution in [0, 0.1) is 0 Å². The van der Waals surface area contributed by atoms with E-state index in [1.807, 2.05) is 0 Å². The van der Waals surface area contributed by atoms with E-state index in [0.29, 0.717) is 6.04 Å². The molecule has 0 spiro atoms. The first-order valence-electron chi connectivity index (χ1n) is 4.62. The van der Waals surface area contributed by atoms with Gasteiger partial charge < -0.3 is 15.0 Å². The zero-order valence-electron chi connectivity index (χ0n) is 8.54. The largest absolute Gasteiger partial charge is 0.468 e. The van der Waals surface area contributed by atoms with Crippen LogP contribution in [-0.4, -0.2) is 50.7 Å². The summed E-state index contributed by atoms with van der Waals surface area (Å²) in [5.41, 5.74) is 0. The lowest BCUT2D eigenvalue weighted by atomic mass is 10.0. The molecule has 0 saturated carbocycles. The van der Waals surface area contributed by atoms with E-state index in [0.717, 1.165) is 19.4 Å². The highest BCUT2D eigenvalue weighted by atomic mass is 16.5. The van der Waals surface area contributed by atoms with Crippen LogP contribution in [0.25, 0.3) is 0 Å². The van der Waals surface area contributed by atoms with Crippen molar-refractivity contribution in [2.24, 2.45) is 0 Å². The number of likely N-dealkylation sites (N-methyl/N-ethyl adjacent to an activating group) is 1. The summed E-state index contributed by atoms with van der Waals surface area (Å²) < 4.78 is 4.67. The summed E-state index contributed by atoms with van der Waals surface area (Å²) in [5.74, 6) is -0.141. The minimum absolute atomic E-state index is 0.0961. The number of esters is 1. The Morgan fingerprint density at radius 3 is 2.54 bits per heavy atom. The number of nitrogens with one attached hydrogen (secondary N) is 1. The predicted octanol–water partition coefficient (Wildman–Crippen LogP) is -0.158. The van der Waals surface area contributed by atoms with Gasteiger partial charge in [0.05, 0.1) is 7.11 Å². The van der Waals surface area contributed by atoms with E-state index in [2.05, 4.69) is 29.0 Å². The highest BCUT2D eigenvalue weighted by Gasteiger charge is 2.26. The molecule has 4 heteroatoms. The Bertz CT molecular complexity index is 174. The lowest BCUT2D eigenvalue weighted by Gasteiger charge is -2.32. The summed E-state index contributed by atoms with van der Waals surface area (Å²) >= 11 is 0. The van der Waals surface area contributed by atoms with Crippen LogP contribution in [0.5, 0.6) is 0 Å². The van der Waals surface area contributed by atoms with Gasteiger partial charge in [0.25, 0.3) is 0 Å². The van der Waals surface area contributed by atoms with Gasteiger partial charge in [-0.05, 0) is 26.9 Å². The van der Waals surface area contributed by atoms with Crippen molar-refractivity contribution in [1.82, 2.24) is 10.2 Å². The van der Waals surface area contributed by atoms with Crippen LogP contribution in [-0.2, 0) is 9.53 Å². The van der Waals surface area contributed by atoms with E-state index >= 15 is 0 Å². The molecule has 0 bridgehead atoms. The molecule has 0 aromatic carbocycles. The number of hydrogen-bond donors (Lipinski definition) is 1. The molecule has 0 amide bonds. The molecule has 2 atom stereocenters. The van der Waals surface area contributed by atoms with Crippen molar-refractivity contribution in [1.29, 1.82) is 0 Å². The van der Waals surface area contributed by atoms with E-state index in [1.165, 1.54) is 7.11 Å². The summed E-state index contributed by atoms with van der Waals surface area (Å²) in [6, 6.07) is 0.446. The third kappa shape index (κ3) is 2.67. The van der Waals surface area contributed by atoms with Crippen LogP contribution in [0.15, 0.2) is 0 Å². The third-order valence-electron chi connectivity index (χ3n) is 2.60. The van der Waals surface area contributed by atoms with Crippen LogP contribution in [0.2, 0.25) is 0 Å². The second-order valence-corrected chi connectivity index (χ2v) is 3.68. The van der Waals surface area contributed by atoms with E-state index in [9.17, 15) is 4.79 Å². The van der Waals surface area contributed by atoms with E-state index < -0.39 is 0 Å². The molecule has 4 nitrogen and oxygen atoms in total. The van der Waals surface area contributed by atoms with Crippen molar-refractivity contribution < 1.29 is 9.53 Å². The fourth-order valence-corrected chi connectivity index (χ4v) is 1.63. The molecule has 0 aromatic heterocycles. The van der Waals surface area contributed by atoms with Gasteiger partial charge in [0.15, 0.2) is 0 Å². The number of hydrogen-bond acceptors (Lipinski definition) is 4. The van der Waals surface area contributed by atoms with Gasteiger partial charge in [-0.3, -0.25) is 4.79 Å². The zero-order valence-corrected chi connectivity index (χ0v) is 8.54. The predicted molar refractivity (Wildman–Crippen MR) is 50.5 cm³/mol. The molecule has 1 heterocycles. The molecular weight excluding hydrogens is 168 g/mol. The van der Waals surface area contributed by atoms with Crippen molar-refractivity contribution in [3.63, 3.8) is 0 Å². The summed E-state index contributed by atoms with van der Waals surface area (Å²) in [7, 11) is 5.55. The van der Waals surface area contributed by atoms with Crippen LogP contribution in [0.1, 0.15) is 12.8 Å². The molecule has 1 aliphatic heterocycles. The SMILES string of the molecule is COC(=O)[C@@H]1CC[C@@H](N(C)C)CN1. The maximum atomic E-state index is 11.1. The van der Waals surface area contributed by atoms with Crippen LogP contribution in [0.3, 0.4) is 0 Å². The van der Waals surface area contributed by atoms with Crippen molar-refractivity contribution >= 4 is 5.97 Å². The summed E-state index contributed by atoms with van der Waals surface area (Å²) in [6.45, 7) is 0.868. The highest BCUT2D eigenvalue weighted by molar-refractivity contribution is 5.75. The molecule has 0 aliphatic carbocycles. The van der Waals surface area contributed by atoms with Crippen molar-refractivity contribution in [2.75, 3.05) is 27.7 Å². The molecule has 0 radical (unpaired) electrons. The molecule has 0 unspecified atom stereocenters. The molecule has 1 saturated heterocycles. The minimum atomic E-state index is -0.141. The number of rotatable bonds is 2. The van der Waals surface area contributed by atoms with E-state index in [-0.39, 0.29) is 12.0 Å². The number of piperidine rings is 1. The minimum Gasteiger partial charge on any atom is -0.468 e. The van der Waals surface area contributed by atoms with E-state index in [4.69, 9.17) is 0 Å².